The van der Waals surface area contributed by atoms with Gasteiger partial charge in [0.1, 0.15) is 0 Å². The van der Waals surface area contributed by atoms with Gasteiger partial charge in [-0.25, -0.2) is 0 Å². The van der Waals surface area contributed by atoms with Crippen molar-refractivity contribution < 1.29 is 4.79 Å². The molecule has 0 aromatic carbocycles. The second kappa shape index (κ2) is 3.02. The number of carbonyl (C=O) groups is 1. The molecule has 0 saturated heterocycles. The minimum atomic E-state index is -0.614. The molecular formula is C10H17NO. The number of allylic oxidation sites excluding steroid dienone is 1. The van der Waals surface area contributed by atoms with Gasteiger partial charge in [0.05, 0.1) is 5.54 Å². The van der Waals surface area contributed by atoms with E-state index in [9.17, 15) is 4.79 Å². The van der Waals surface area contributed by atoms with Crippen LogP contribution in [-0.2, 0) is 4.79 Å². The maximum Gasteiger partial charge on any atom is 0.175 e. The third-order valence-electron chi connectivity index (χ3n) is 2.38. The Morgan fingerprint density at radius 2 is 2.00 bits per heavy atom. The van der Waals surface area contributed by atoms with Gasteiger partial charge in [-0.1, -0.05) is 5.57 Å². The van der Waals surface area contributed by atoms with Gasteiger partial charge in [0, 0.05) is 0 Å². The van der Waals surface area contributed by atoms with Crippen molar-refractivity contribution in [3.8, 4) is 0 Å². The van der Waals surface area contributed by atoms with Crippen LogP contribution < -0.4 is 5.73 Å². The number of rotatable bonds is 3. The summed E-state index contributed by atoms with van der Waals surface area (Å²) in [6.07, 6.45) is 3.86. The normalized spacial score (nSPS) is 21.3. The van der Waals surface area contributed by atoms with Crippen LogP contribution in [0.5, 0.6) is 0 Å². The van der Waals surface area contributed by atoms with Crippen LogP contribution in [0.2, 0.25) is 0 Å². The maximum atomic E-state index is 11.6. The molecule has 1 atom stereocenters. The second-order valence-corrected chi connectivity index (χ2v) is 4.14. The molecule has 1 fully saturated rings. The fraction of sp³-hybridized carbons (Fsp3) is 0.700. The first-order valence-electron chi connectivity index (χ1n) is 4.43. The van der Waals surface area contributed by atoms with Gasteiger partial charge in [-0.2, -0.15) is 0 Å². The van der Waals surface area contributed by atoms with E-state index in [1.165, 1.54) is 0 Å². The molecule has 2 heteroatoms. The van der Waals surface area contributed by atoms with Gasteiger partial charge < -0.3 is 5.73 Å². The molecule has 1 saturated carbocycles. The predicted molar refractivity (Wildman–Crippen MR) is 49.8 cm³/mol. The van der Waals surface area contributed by atoms with E-state index in [0.29, 0.717) is 5.92 Å². The van der Waals surface area contributed by atoms with Crippen molar-refractivity contribution in [2.45, 2.75) is 39.2 Å². The van der Waals surface area contributed by atoms with Crippen LogP contribution in [0.15, 0.2) is 11.6 Å². The maximum absolute atomic E-state index is 11.6. The third kappa shape index (κ3) is 1.95. The second-order valence-electron chi connectivity index (χ2n) is 4.14. The molecule has 68 valence electrons. The highest BCUT2D eigenvalue weighted by molar-refractivity contribution is 5.98. The Labute approximate surface area is 73.8 Å². The standard InChI is InChI=1S/C10H17NO/c1-7(2)6-9(12)10(3,11)8-4-5-8/h6,8H,4-5,11H2,1-3H3. The molecule has 1 unspecified atom stereocenters. The SMILES string of the molecule is CC(C)=CC(=O)C(C)(N)C1CC1. The first-order chi connectivity index (χ1) is 5.44. The van der Waals surface area contributed by atoms with Gasteiger partial charge in [-0.05, 0) is 45.6 Å². The summed E-state index contributed by atoms with van der Waals surface area (Å²) in [7, 11) is 0. The van der Waals surface area contributed by atoms with Crippen molar-refractivity contribution in [3.63, 3.8) is 0 Å². The topological polar surface area (TPSA) is 43.1 Å². The quantitative estimate of drug-likeness (QED) is 0.649. The van der Waals surface area contributed by atoms with E-state index in [2.05, 4.69) is 0 Å². The summed E-state index contributed by atoms with van der Waals surface area (Å²) in [4.78, 5) is 11.6. The van der Waals surface area contributed by atoms with Gasteiger partial charge in [-0.15, -0.1) is 0 Å². The van der Waals surface area contributed by atoms with E-state index in [4.69, 9.17) is 5.73 Å². The lowest BCUT2D eigenvalue weighted by atomic mass is 9.91. The van der Waals surface area contributed by atoms with Crippen molar-refractivity contribution in [2.75, 3.05) is 0 Å². The average Bonchev–Trinajstić information content (AvgIpc) is 2.65. The molecule has 0 aromatic heterocycles. The van der Waals surface area contributed by atoms with E-state index in [-0.39, 0.29) is 5.78 Å². The van der Waals surface area contributed by atoms with E-state index in [1.54, 1.807) is 6.08 Å². The Kier molecular flexibility index (Phi) is 2.38. The highest BCUT2D eigenvalue weighted by Crippen LogP contribution is 2.38. The highest BCUT2D eigenvalue weighted by Gasteiger charge is 2.42. The summed E-state index contributed by atoms with van der Waals surface area (Å²) in [6.45, 7) is 5.67. The van der Waals surface area contributed by atoms with Crippen molar-refractivity contribution in [2.24, 2.45) is 11.7 Å². The summed E-state index contributed by atoms with van der Waals surface area (Å²) < 4.78 is 0. The molecule has 0 aliphatic heterocycles. The Balaban J connectivity index is 2.67. The van der Waals surface area contributed by atoms with E-state index in [1.807, 2.05) is 20.8 Å². The molecule has 0 bridgehead atoms. The smallest absolute Gasteiger partial charge is 0.175 e. The Bertz CT molecular complexity index is 220. The van der Waals surface area contributed by atoms with Crippen molar-refractivity contribution in [1.82, 2.24) is 0 Å². The van der Waals surface area contributed by atoms with Gasteiger partial charge in [-0.3, -0.25) is 4.79 Å². The minimum absolute atomic E-state index is 0.0741. The lowest BCUT2D eigenvalue weighted by Crippen LogP contribution is -2.46. The van der Waals surface area contributed by atoms with Crippen LogP contribution in [0.25, 0.3) is 0 Å². The molecule has 2 N–H and O–H groups in total. The van der Waals surface area contributed by atoms with Crippen LogP contribution in [0.4, 0.5) is 0 Å². The number of hydrogen-bond acceptors (Lipinski definition) is 2. The summed E-state index contributed by atoms with van der Waals surface area (Å²) in [6, 6.07) is 0. The largest absolute Gasteiger partial charge is 0.319 e. The first kappa shape index (κ1) is 9.46. The fourth-order valence-electron chi connectivity index (χ4n) is 1.30. The zero-order valence-electron chi connectivity index (χ0n) is 8.05. The summed E-state index contributed by atoms with van der Waals surface area (Å²) in [5.41, 5.74) is 6.33. The molecular weight excluding hydrogens is 150 g/mol. The zero-order chi connectivity index (χ0) is 9.35. The van der Waals surface area contributed by atoms with E-state index < -0.39 is 5.54 Å². The van der Waals surface area contributed by atoms with Gasteiger partial charge >= 0.3 is 0 Å². The lowest BCUT2D eigenvalue weighted by molar-refractivity contribution is -0.119. The Hall–Kier alpha value is -0.630. The highest BCUT2D eigenvalue weighted by atomic mass is 16.1. The van der Waals surface area contributed by atoms with Gasteiger partial charge in [0.25, 0.3) is 0 Å². The Morgan fingerprint density at radius 1 is 1.50 bits per heavy atom. The van der Waals surface area contributed by atoms with Crippen molar-refractivity contribution in [3.05, 3.63) is 11.6 Å². The minimum Gasteiger partial charge on any atom is -0.319 e. The number of carbonyl (C=O) groups excluding carboxylic acids is 1. The van der Waals surface area contributed by atoms with Crippen LogP contribution in [0.1, 0.15) is 33.6 Å². The summed E-state index contributed by atoms with van der Waals surface area (Å²) in [5, 5.41) is 0. The molecule has 0 aromatic rings. The molecule has 0 amide bonds. The van der Waals surface area contributed by atoms with Crippen LogP contribution in [-0.4, -0.2) is 11.3 Å². The summed E-state index contributed by atoms with van der Waals surface area (Å²) in [5.74, 6) is 0.491. The third-order valence-corrected chi connectivity index (χ3v) is 2.38. The molecule has 0 spiro atoms. The number of nitrogens with two attached hydrogens (primary N) is 1. The van der Waals surface area contributed by atoms with E-state index in [0.717, 1.165) is 18.4 Å². The van der Waals surface area contributed by atoms with E-state index >= 15 is 0 Å². The lowest BCUT2D eigenvalue weighted by Gasteiger charge is -2.20. The molecule has 1 aliphatic carbocycles. The molecule has 1 aliphatic rings. The van der Waals surface area contributed by atoms with Crippen molar-refractivity contribution in [1.29, 1.82) is 0 Å². The summed E-state index contributed by atoms with van der Waals surface area (Å²) >= 11 is 0. The fourth-order valence-corrected chi connectivity index (χ4v) is 1.30. The Morgan fingerprint density at radius 3 is 2.33 bits per heavy atom. The first-order valence-corrected chi connectivity index (χ1v) is 4.43. The van der Waals surface area contributed by atoms with Crippen molar-refractivity contribution >= 4 is 5.78 Å². The molecule has 0 heterocycles. The zero-order valence-corrected chi connectivity index (χ0v) is 8.05. The van der Waals surface area contributed by atoms with Crippen LogP contribution in [0, 0.1) is 5.92 Å². The average molecular weight is 167 g/mol. The van der Waals surface area contributed by atoms with Crippen LogP contribution >= 0.6 is 0 Å². The van der Waals surface area contributed by atoms with Gasteiger partial charge in [0.15, 0.2) is 5.78 Å². The molecule has 12 heavy (non-hydrogen) atoms. The monoisotopic (exact) mass is 167 g/mol. The molecule has 0 radical (unpaired) electrons. The van der Waals surface area contributed by atoms with Crippen LogP contribution in [0.3, 0.4) is 0 Å². The van der Waals surface area contributed by atoms with Gasteiger partial charge in [0.2, 0.25) is 0 Å². The number of hydrogen-bond donors (Lipinski definition) is 1. The molecule has 1 rings (SSSR count). The predicted octanol–water partition coefficient (Wildman–Crippen LogP) is 1.65. The molecule has 2 nitrogen and oxygen atoms in total. The number of ketones is 1.